The Kier molecular flexibility index (Phi) is 5.87. The number of aromatic nitrogens is 3. The maximum absolute atomic E-state index is 14.2. The van der Waals surface area contributed by atoms with Gasteiger partial charge in [0, 0.05) is 35.4 Å². The van der Waals surface area contributed by atoms with Crippen molar-refractivity contribution in [1.29, 1.82) is 0 Å². The molecule has 0 fully saturated rings. The third-order valence-corrected chi connectivity index (χ3v) is 9.93. The lowest BCUT2D eigenvalue weighted by molar-refractivity contribution is -0.734. The van der Waals surface area contributed by atoms with Gasteiger partial charge >= 0.3 is 16.5 Å². The molecule has 11 heteroatoms. The molecule has 4 heterocycles. The molecule has 0 bridgehead atoms. The third-order valence-electron chi connectivity index (χ3n) is 7.72. The number of nitrogens with zero attached hydrogens (tertiary/aromatic N) is 3. The second-order valence-corrected chi connectivity index (χ2v) is 12.2. The van der Waals surface area contributed by atoms with Gasteiger partial charge in [0.15, 0.2) is 29.7 Å². The lowest BCUT2D eigenvalue weighted by Crippen LogP contribution is -2.59. The highest BCUT2D eigenvalue weighted by atomic mass is 32.2. The monoisotopic (exact) mass is 612 g/mol. The summed E-state index contributed by atoms with van der Waals surface area (Å²) >= 11 is 3.03. The van der Waals surface area contributed by atoms with Crippen molar-refractivity contribution in [2.24, 2.45) is 7.05 Å². The number of hydrogen-bond donors (Lipinski definition) is 0. The fourth-order valence-corrected chi connectivity index (χ4v) is 8.10. The van der Waals surface area contributed by atoms with Gasteiger partial charge in [0.1, 0.15) is 7.05 Å². The molecular weight excluding hydrogens is 592 g/mol. The van der Waals surface area contributed by atoms with Crippen molar-refractivity contribution in [3.63, 3.8) is 0 Å². The SMILES string of the molecule is C[n+]1ccc(C(F)(F)F)cc1-c1cc(C(F)(F)F)cc[n+]1C1(c2c[n+]3ccsc3s2)c2ccccc2-c2ccccc21. The Balaban J connectivity index is 1.66. The molecule has 0 radical (unpaired) electrons. The first-order valence-corrected chi connectivity index (χ1v) is 14.5. The number of aryl methyl sites for hydroxylation is 1. The van der Waals surface area contributed by atoms with E-state index in [1.807, 2.05) is 70.7 Å². The lowest BCUT2D eigenvalue weighted by atomic mass is 9.84. The van der Waals surface area contributed by atoms with Gasteiger partial charge in [-0.3, -0.25) is 0 Å². The molecule has 2 aromatic carbocycles. The van der Waals surface area contributed by atoms with E-state index in [0.29, 0.717) is 0 Å². The molecule has 210 valence electrons. The number of halogens is 6. The number of thiazole rings is 2. The summed E-state index contributed by atoms with van der Waals surface area (Å²) in [4.78, 5) is 0.812. The number of rotatable bonds is 3. The minimum Gasteiger partial charge on any atom is -0.196 e. The summed E-state index contributed by atoms with van der Waals surface area (Å²) in [5.41, 5.74) is 0.348. The lowest BCUT2D eigenvalue weighted by Gasteiger charge is -2.26. The average Bonchev–Trinajstić information content (AvgIpc) is 3.64. The Morgan fingerprint density at radius 1 is 0.690 bits per heavy atom. The van der Waals surface area contributed by atoms with Crippen molar-refractivity contribution in [3.8, 4) is 22.5 Å². The van der Waals surface area contributed by atoms with Crippen LogP contribution in [0.4, 0.5) is 26.3 Å². The predicted molar refractivity (Wildman–Crippen MR) is 146 cm³/mol. The summed E-state index contributed by atoms with van der Waals surface area (Å²) in [5.74, 6) is 0. The van der Waals surface area contributed by atoms with Crippen LogP contribution in [0.25, 0.3) is 26.7 Å². The summed E-state index contributed by atoms with van der Waals surface area (Å²) in [6, 6.07) is 19.1. The Labute approximate surface area is 243 Å². The zero-order valence-electron chi connectivity index (χ0n) is 21.7. The van der Waals surface area contributed by atoms with E-state index in [-0.39, 0.29) is 11.4 Å². The van der Waals surface area contributed by atoms with Crippen LogP contribution in [0.15, 0.2) is 103 Å². The van der Waals surface area contributed by atoms with Gasteiger partial charge in [-0.25, -0.2) is 0 Å². The zero-order chi connectivity index (χ0) is 29.4. The van der Waals surface area contributed by atoms with Crippen molar-refractivity contribution < 1.29 is 39.9 Å². The predicted octanol–water partition coefficient (Wildman–Crippen LogP) is 7.19. The fourth-order valence-electron chi connectivity index (χ4n) is 5.89. The third kappa shape index (κ3) is 3.90. The fraction of sp³-hybridized carbons (Fsp3) is 0.129. The molecule has 0 unspecified atom stereocenters. The standard InChI is InChI=1S/C31H20F6N3S2/c1-38-12-10-19(30(32,33)34)16-25(38)26-17-20(31(35,36)37)11-13-40(26)29(27-18-39-14-15-41-28(39)42-27)23-8-4-2-6-21(23)22-7-3-5-9-24(22)29/h2-18H,1H3/q+3. The Bertz CT molecular complexity index is 1930. The van der Waals surface area contributed by atoms with Gasteiger partial charge < -0.3 is 0 Å². The van der Waals surface area contributed by atoms with Gasteiger partial charge in [0.05, 0.1) is 16.5 Å². The van der Waals surface area contributed by atoms with Crippen molar-refractivity contribution in [3.05, 3.63) is 130 Å². The summed E-state index contributed by atoms with van der Waals surface area (Å²) in [6.07, 6.45) is -2.96. The molecule has 1 aliphatic carbocycles. The van der Waals surface area contributed by atoms with Crippen molar-refractivity contribution in [2.75, 3.05) is 0 Å². The highest BCUT2D eigenvalue weighted by Gasteiger charge is 2.58. The molecule has 0 amide bonds. The van der Waals surface area contributed by atoms with Crippen molar-refractivity contribution in [1.82, 2.24) is 0 Å². The summed E-state index contributed by atoms with van der Waals surface area (Å²) in [5, 5.41) is 1.94. The molecule has 4 aromatic heterocycles. The van der Waals surface area contributed by atoms with Gasteiger partial charge in [0.2, 0.25) is 0 Å². The first-order valence-electron chi connectivity index (χ1n) is 12.8. The minimum absolute atomic E-state index is 0.00770. The Hall–Kier alpha value is -4.09. The normalized spacial score (nSPS) is 14.3. The topological polar surface area (TPSA) is 11.9 Å². The molecule has 3 nitrogen and oxygen atoms in total. The van der Waals surface area contributed by atoms with Gasteiger partial charge in [-0.15, -0.1) is 4.40 Å². The Morgan fingerprint density at radius 2 is 1.26 bits per heavy atom. The number of pyridine rings is 2. The van der Waals surface area contributed by atoms with Gasteiger partial charge in [-0.05, 0) is 22.5 Å². The number of alkyl halides is 6. The van der Waals surface area contributed by atoms with Crippen LogP contribution in [0.2, 0.25) is 0 Å². The van der Waals surface area contributed by atoms with Crippen LogP contribution in [-0.4, -0.2) is 0 Å². The first-order chi connectivity index (χ1) is 20.0. The molecule has 42 heavy (non-hydrogen) atoms. The van der Waals surface area contributed by atoms with E-state index < -0.39 is 29.0 Å². The largest absolute Gasteiger partial charge is 0.416 e. The van der Waals surface area contributed by atoms with Gasteiger partial charge in [0.25, 0.3) is 16.9 Å². The highest BCUT2D eigenvalue weighted by molar-refractivity contribution is 7.34. The van der Waals surface area contributed by atoms with Crippen LogP contribution in [0.3, 0.4) is 0 Å². The van der Waals surface area contributed by atoms with Crippen molar-refractivity contribution in [2.45, 2.75) is 17.9 Å². The van der Waals surface area contributed by atoms with E-state index in [1.54, 1.807) is 4.57 Å². The maximum Gasteiger partial charge on any atom is 0.416 e. The molecule has 0 atom stereocenters. The smallest absolute Gasteiger partial charge is 0.196 e. The second-order valence-electron chi connectivity index (χ2n) is 10.1. The molecule has 6 aromatic rings. The van der Waals surface area contributed by atoms with Gasteiger partial charge in [-0.2, -0.15) is 35.5 Å². The van der Waals surface area contributed by atoms with Crippen LogP contribution in [-0.2, 0) is 24.9 Å². The molecule has 0 saturated carbocycles. The number of fused-ring (bicyclic) bond motifs is 4. The molecular formula is C31H20F6N3S2+3. The number of hydrogen-bond acceptors (Lipinski definition) is 2. The summed E-state index contributed by atoms with van der Waals surface area (Å²) in [7, 11) is 1.53. The summed E-state index contributed by atoms with van der Waals surface area (Å²) < 4.78 is 90.3. The average molecular weight is 613 g/mol. The Morgan fingerprint density at radius 3 is 1.86 bits per heavy atom. The number of benzene rings is 2. The van der Waals surface area contributed by atoms with Crippen LogP contribution in [0, 0.1) is 0 Å². The van der Waals surface area contributed by atoms with E-state index in [1.165, 1.54) is 46.7 Å². The quantitative estimate of drug-likeness (QED) is 0.148. The molecule has 1 aliphatic rings. The van der Waals surface area contributed by atoms with Crippen LogP contribution in [0.5, 0.6) is 0 Å². The molecule has 0 aliphatic heterocycles. The van der Waals surface area contributed by atoms with Crippen LogP contribution < -0.4 is 13.5 Å². The van der Waals surface area contributed by atoms with Crippen LogP contribution >= 0.6 is 22.7 Å². The second kappa shape index (κ2) is 9.20. The minimum atomic E-state index is -4.71. The molecule has 7 rings (SSSR count). The molecule has 0 N–H and O–H groups in total. The van der Waals surface area contributed by atoms with E-state index in [2.05, 4.69) is 0 Å². The molecule has 0 saturated heterocycles. The van der Waals surface area contributed by atoms with E-state index in [0.717, 1.165) is 55.5 Å². The van der Waals surface area contributed by atoms with Gasteiger partial charge in [-0.1, -0.05) is 59.9 Å². The van der Waals surface area contributed by atoms with E-state index in [9.17, 15) is 26.3 Å². The maximum atomic E-state index is 14.2. The van der Waals surface area contributed by atoms with E-state index in [4.69, 9.17) is 0 Å². The first kappa shape index (κ1) is 26.8. The van der Waals surface area contributed by atoms with Crippen molar-refractivity contribution >= 4 is 26.8 Å². The van der Waals surface area contributed by atoms with Crippen LogP contribution in [0.1, 0.15) is 27.1 Å². The highest BCUT2D eigenvalue weighted by Crippen LogP contribution is 2.52. The summed E-state index contributed by atoms with van der Waals surface area (Å²) in [6.45, 7) is 0. The zero-order valence-corrected chi connectivity index (χ0v) is 23.4. The van der Waals surface area contributed by atoms with E-state index >= 15 is 0 Å². The molecule has 0 spiro atoms.